The third kappa shape index (κ3) is 8.74. The third-order valence-corrected chi connectivity index (χ3v) is 16.0. The smallest absolute Gasteiger partial charge is 0.164 e. The van der Waals surface area contributed by atoms with Gasteiger partial charge in [-0.2, -0.15) is 10.5 Å². The van der Waals surface area contributed by atoms with E-state index < -0.39 is 0 Å². The molecule has 0 saturated heterocycles. The highest BCUT2D eigenvalue weighted by Gasteiger charge is 2.23. The molecule has 12 aromatic carbocycles. The van der Waals surface area contributed by atoms with Crippen LogP contribution in [-0.4, -0.2) is 24.1 Å². The summed E-state index contributed by atoms with van der Waals surface area (Å²) in [6.45, 7) is 0. The first-order valence-electron chi connectivity index (χ1n) is 27.9. The molecule has 3 heterocycles. The molecular formula is C77H47N7. The van der Waals surface area contributed by atoms with Crippen LogP contribution in [0.5, 0.6) is 0 Å². The molecule has 0 aliphatic heterocycles. The first-order valence-corrected chi connectivity index (χ1v) is 27.9. The van der Waals surface area contributed by atoms with Gasteiger partial charge < -0.3 is 9.13 Å². The maximum Gasteiger partial charge on any atom is 0.164 e. The fourth-order valence-electron chi connectivity index (χ4n) is 12.0. The Bertz CT molecular complexity index is 4940. The van der Waals surface area contributed by atoms with E-state index in [0.717, 1.165) is 122 Å². The van der Waals surface area contributed by atoms with Crippen molar-refractivity contribution >= 4 is 43.6 Å². The lowest BCUT2D eigenvalue weighted by molar-refractivity contribution is 1.07. The van der Waals surface area contributed by atoms with Crippen LogP contribution < -0.4 is 0 Å². The van der Waals surface area contributed by atoms with Crippen molar-refractivity contribution < 1.29 is 0 Å². The van der Waals surface area contributed by atoms with E-state index in [4.69, 9.17) is 15.0 Å². The summed E-state index contributed by atoms with van der Waals surface area (Å²) < 4.78 is 4.55. The average Bonchev–Trinajstić information content (AvgIpc) is 2.45. The maximum atomic E-state index is 11.0. The standard InChI is InChI=1S/C77H47N7/c78-48-50-17-16-28-60(41-50)64-36-31-62(47-74(64)84-71-39-34-58(53-22-10-3-11-23-53)44-67(71)68-45-59(35-40-72(68)84)54-24-12-4-13-25-54)77-81-75(55-26-14-5-15-27-55)80-76(82-77)61-29-30-63(49-79)73(46-61)83-69-37-32-56(51-18-6-1-7-19-51)42-65(69)66-43-57(33-38-70(66)83)52-20-8-2-9-21-52/h1-47H. The highest BCUT2D eigenvalue weighted by Crippen LogP contribution is 2.43. The van der Waals surface area contributed by atoms with Crippen LogP contribution in [-0.2, 0) is 0 Å². The van der Waals surface area contributed by atoms with Gasteiger partial charge in [0.05, 0.1) is 50.6 Å². The SMILES string of the molecule is N#Cc1cccc(-c2ccc(-c3nc(-c4ccccc4)nc(-c4ccc(C#N)c(-n5c6ccc(-c7ccccc7)cc6c6cc(-c7ccccc7)ccc65)c4)n3)cc2-n2c3ccc(-c4ccccc4)cc3c3cc(-c4ccccc4)ccc32)c1. The topological polar surface area (TPSA) is 96.1 Å². The summed E-state index contributed by atoms with van der Waals surface area (Å²) in [4.78, 5) is 15.9. The number of fused-ring (bicyclic) bond motifs is 6. The second-order valence-electron chi connectivity index (χ2n) is 21.0. The molecule has 15 rings (SSSR count). The quantitative estimate of drug-likeness (QED) is 0.136. The number of hydrogen-bond donors (Lipinski definition) is 0. The van der Waals surface area contributed by atoms with Crippen molar-refractivity contribution in [2.45, 2.75) is 0 Å². The Morgan fingerprint density at radius 1 is 0.250 bits per heavy atom. The molecule has 84 heavy (non-hydrogen) atoms. The molecule has 15 aromatic rings. The van der Waals surface area contributed by atoms with E-state index in [0.29, 0.717) is 34.3 Å². The Morgan fingerprint density at radius 2 is 0.595 bits per heavy atom. The first-order chi connectivity index (χ1) is 41.5. The van der Waals surface area contributed by atoms with Crippen molar-refractivity contribution in [1.82, 2.24) is 24.1 Å². The summed E-state index contributed by atoms with van der Waals surface area (Å²) in [5.74, 6) is 1.43. The van der Waals surface area contributed by atoms with Crippen LogP contribution in [0.2, 0.25) is 0 Å². The molecule has 7 nitrogen and oxygen atoms in total. The van der Waals surface area contributed by atoms with Crippen LogP contribution in [0.1, 0.15) is 11.1 Å². The maximum absolute atomic E-state index is 11.0. The molecule has 0 radical (unpaired) electrons. The Kier molecular flexibility index (Phi) is 12.2. The zero-order chi connectivity index (χ0) is 56.1. The predicted molar refractivity (Wildman–Crippen MR) is 341 cm³/mol. The zero-order valence-electron chi connectivity index (χ0n) is 45.3. The van der Waals surface area contributed by atoms with Gasteiger partial charge in [0.2, 0.25) is 0 Å². The highest BCUT2D eigenvalue weighted by molar-refractivity contribution is 6.13. The predicted octanol–water partition coefficient (Wildman–Crippen LogP) is 19.1. The second kappa shape index (κ2) is 20.7. The van der Waals surface area contributed by atoms with Crippen LogP contribution in [0.3, 0.4) is 0 Å². The second-order valence-corrected chi connectivity index (χ2v) is 21.0. The number of aromatic nitrogens is 5. The summed E-state index contributed by atoms with van der Waals surface area (Å²) in [5.41, 5.74) is 19.8. The summed E-state index contributed by atoms with van der Waals surface area (Å²) in [6.07, 6.45) is 0. The van der Waals surface area contributed by atoms with Crippen LogP contribution in [0.25, 0.3) is 145 Å². The van der Waals surface area contributed by atoms with Gasteiger partial charge in [-0.05, 0) is 135 Å². The van der Waals surface area contributed by atoms with E-state index in [1.54, 1.807) is 0 Å². The van der Waals surface area contributed by atoms with Gasteiger partial charge in [-0.15, -0.1) is 0 Å². The molecule has 0 N–H and O–H groups in total. The van der Waals surface area contributed by atoms with Gasteiger partial charge in [-0.1, -0.05) is 200 Å². The fraction of sp³-hybridized carbons (Fsp3) is 0. The van der Waals surface area contributed by atoms with E-state index in [1.807, 2.05) is 91.0 Å². The normalized spacial score (nSPS) is 11.3. The van der Waals surface area contributed by atoms with Gasteiger partial charge >= 0.3 is 0 Å². The largest absolute Gasteiger partial charge is 0.309 e. The van der Waals surface area contributed by atoms with Gasteiger partial charge in [-0.25, -0.2) is 15.0 Å². The molecule has 0 fully saturated rings. The number of nitrogens with zero attached hydrogens (tertiary/aromatic N) is 7. The van der Waals surface area contributed by atoms with Gasteiger partial charge in [0, 0.05) is 43.8 Å². The van der Waals surface area contributed by atoms with Crippen molar-refractivity contribution in [2.75, 3.05) is 0 Å². The van der Waals surface area contributed by atoms with E-state index in [2.05, 4.69) is 215 Å². The van der Waals surface area contributed by atoms with Crippen molar-refractivity contribution in [3.05, 3.63) is 296 Å². The summed E-state index contributed by atoms with van der Waals surface area (Å²) in [6, 6.07) is 103. The molecule has 390 valence electrons. The molecule has 7 heteroatoms. The van der Waals surface area contributed by atoms with Crippen LogP contribution in [0, 0.1) is 22.7 Å². The van der Waals surface area contributed by atoms with E-state index in [-0.39, 0.29) is 0 Å². The monoisotopic (exact) mass is 1070 g/mol. The lowest BCUT2D eigenvalue weighted by Gasteiger charge is -2.17. The van der Waals surface area contributed by atoms with Crippen LogP contribution >= 0.6 is 0 Å². The third-order valence-electron chi connectivity index (χ3n) is 16.0. The lowest BCUT2D eigenvalue weighted by atomic mass is 9.99. The molecule has 0 aliphatic carbocycles. The summed E-state index contributed by atoms with van der Waals surface area (Å²) in [5, 5.41) is 25.5. The molecule has 0 saturated carbocycles. The molecule has 3 aromatic heterocycles. The molecule has 0 amide bonds. The molecule has 0 bridgehead atoms. The Morgan fingerprint density at radius 3 is 1.00 bits per heavy atom. The molecular weight excluding hydrogens is 1020 g/mol. The van der Waals surface area contributed by atoms with Gasteiger partial charge in [-0.3, -0.25) is 0 Å². The number of benzene rings is 12. The molecule has 0 unspecified atom stereocenters. The lowest BCUT2D eigenvalue weighted by Crippen LogP contribution is -2.03. The van der Waals surface area contributed by atoms with Crippen LogP contribution in [0.4, 0.5) is 0 Å². The van der Waals surface area contributed by atoms with Gasteiger partial charge in [0.1, 0.15) is 6.07 Å². The van der Waals surface area contributed by atoms with E-state index in [1.165, 1.54) is 0 Å². The Labute approximate surface area is 485 Å². The van der Waals surface area contributed by atoms with Gasteiger partial charge in [0.15, 0.2) is 17.5 Å². The molecule has 0 aliphatic rings. The van der Waals surface area contributed by atoms with Crippen molar-refractivity contribution in [1.29, 1.82) is 10.5 Å². The van der Waals surface area contributed by atoms with Crippen LogP contribution in [0.15, 0.2) is 285 Å². The minimum absolute atomic E-state index is 0.453. The summed E-state index contributed by atoms with van der Waals surface area (Å²) >= 11 is 0. The number of hydrogen-bond acceptors (Lipinski definition) is 5. The first kappa shape index (κ1) is 49.3. The minimum Gasteiger partial charge on any atom is -0.309 e. The van der Waals surface area contributed by atoms with Crippen molar-refractivity contribution in [3.8, 4) is 113 Å². The van der Waals surface area contributed by atoms with Crippen molar-refractivity contribution in [2.24, 2.45) is 0 Å². The number of nitriles is 2. The molecule has 0 atom stereocenters. The molecule has 0 spiro atoms. The van der Waals surface area contributed by atoms with E-state index in [9.17, 15) is 10.5 Å². The Balaban J connectivity index is 0.944. The Hall–Kier alpha value is -11.8. The fourth-order valence-corrected chi connectivity index (χ4v) is 12.0. The minimum atomic E-state index is 0.453. The van der Waals surface area contributed by atoms with E-state index >= 15 is 0 Å². The summed E-state index contributed by atoms with van der Waals surface area (Å²) in [7, 11) is 0. The zero-order valence-corrected chi connectivity index (χ0v) is 45.3. The van der Waals surface area contributed by atoms with Gasteiger partial charge in [0.25, 0.3) is 0 Å². The number of rotatable bonds is 10. The van der Waals surface area contributed by atoms with Crippen molar-refractivity contribution in [3.63, 3.8) is 0 Å². The average molecular weight is 1070 g/mol. The highest BCUT2D eigenvalue weighted by atomic mass is 15.0.